The van der Waals surface area contributed by atoms with Crippen LogP contribution >= 0.6 is 11.6 Å². The van der Waals surface area contributed by atoms with Crippen molar-refractivity contribution in [2.24, 2.45) is 0 Å². The predicted octanol–water partition coefficient (Wildman–Crippen LogP) is 3.84. The Morgan fingerprint density at radius 2 is 1.70 bits per heavy atom. The Bertz CT molecular complexity index is 920. The molecule has 1 aromatic heterocycles. The second-order valence-electron chi connectivity index (χ2n) is 5.00. The van der Waals surface area contributed by atoms with Crippen molar-refractivity contribution in [1.82, 2.24) is 10.2 Å². The van der Waals surface area contributed by atoms with Gasteiger partial charge in [-0.1, -0.05) is 41.9 Å². The number of aromatic nitrogens is 2. The number of hydrogen-bond donors (Lipinski definition) is 2. The summed E-state index contributed by atoms with van der Waals surface area (Å²) < 4.78 is 27.5. The van der Waals surface area contributed by atoms with Gasteiger partial charge >= 0.3 is 0 Å². The fourth-order valence-electron chi connectivity index (χ4n) is 2.26. The third-order valence-electron chi connectivity index (χ3n) is 3.36. The Morgan fingerprint density at radius 1 is 1.04 bits per heavy atom. The highest BCUT2D eigenvalue weighted by molar-refractivity contribution is 7.92. The van der Waals surface area contributed by atoms with Gasteiger partial charge in [-0.05, 0) is 36.8 Å². The van der Waals surface area contributed by atoms with Crippen LogP contribution in [0.3, 0.4) is 0 Å². The summed E-state index contributed by atoms with van der Waals surface area (Å²) in [7, 11) is -3.70. The Morgan fingerprint density at radius 3 is 2.35 bits per heavy atom. The zero-order chi connectivity index (χ0) is 16.4. The number of benzene rings is 2. The number of nitrogens with one attached hydrogen (secondary N) is 2. The second-order valence-corrected chi connectivity index (χ2v) is 7.12. The SMILES string of the molecule is Cc1[nH]nc(NS(=O)(=O)c2ccccc2)c1-c1ccc(Cl)cc1. The molecule has 23 heavy (non-hydrogen) atoms. The Kier molecular flexibility index (Phi) is 4.11. The van der Waals surface area contributed by atoms with Crippen molar-refractivity contribution in [2.45, 2.75) is 11.8 Å². The van der Waals surface area contributed by atoms with E-state index in [0.29, 0.717) is 10.6 Å². The molecule has 118 valence electrons. The van der Waals surface area contributed by atoms with Crippen LogP contribution in [0.2, 0.25) is 5.02 Å². The van der Waals surface area contributed by atoms with Crippen molar-refractivity contribution in [3.63, 3.8) is 0 Å². The average molecular weight is 348 g/mol. The number of nitrogens with zero attached hydrogens (tertiary/aromatic N) is 1. The van der Waals surface area contributed by atoms with Crippen LogP contribution in [0.1, 0.15) is 5.69 Å². The first kappa shape index (κ1) is 15.6. The van der Waals surface area contributed by atoms with E-state index in [2.05, 4.69) is 14.9 Å². The maximum absolute atomic E-state index is 12.5. The lowest BCUT2D eigenvalue weighted by molar-refractivity contribution is 0.601. The zero-order valence-corrected chi connectivity index (χ0v) is 13.8. The molecule has 0 radical (unpaired) electrons. The molecule has 5 nitrogen and oxygen atoms in total. The number of hydrogen-bond acceptors (Lipinski definition) is 3. The average Bonchev–Trinajstić information content (AvgIpc) is 2.89. The highest BCUT2D eigenvalue weighted by Crippen LogP contribution is 2.31. The smallest absolute Gasteiger partial charge is 0.263 e. The maximum Gasteiger partial charge on any atom is 0.263 e. The van der Waals surface area contributed by atoms with Crippen LogP contribution in [-0.2, 0) is 10.0 Å². The quantitative estimate of drug-likeness (QED) is 0.753. The number of aromatic amines is 1. The Hall–Kier alpha value is -2.31. The zero-order valence-electron chi connectivity index (χ0n) is 12.2. The lowest BCUT2D eigenvalue weighted by atomic mass is 10.1. The predicted molar refractivity (Wildman–Crippen MR) is 91.0 cm³/mol. The summed E-state index contributed by atoms with van der Waals surface area (Å²) in [5.41, 5.74) is 2.28. The van der Waals surface area contributed by atoms with Crippen molar-refractivity contribution in [3.05, 3.63) is 65.3 Å². The number of aryl methyl sites for hydroxylation is 1. The van der Waals surface area contributed by atoms with Gasteiger partial charge in [-0.25, -0.2) is 8.42 Å². The van der Waals surface area contributed by atoms with Crippen molar-refractivity contribution in [1.29, 1.82) is 0 Å². The van der Waals surface area contributed by atoms with Gasteiger partial charge in [-0.3, -0.25) is 9.82 Å². The lowest BCUT2D eigenvalue weighted by Crippen LogP contribution is -2.13. The van der Waals surface area contributed by atoms with Gasteiger partial charge in [-0.15, -0.1) is 0 Å². The van der Waals surface area contributed by atoms with E-state index in [9.17, 15) is 8.42 Å². The van der Waals surface area contributed by atoms with Crippen LogP contribution in [0.25, 0.3) is 11.1 Å². The van der Waals surface area contributed by atoms with E-state index in [1.807, 2.05) is 19.1 Å². The van der Waals surface area contributed by atoms with Gasteiger partial charge < -0.3 is 0 Å². The van der Waals surface area contributed by atoms with E-state index in [0.717, 1.165) is 11.3 Å². The monoisotopic (exact) mass is 347 g/mol. The molecule has 0 amide bonds. The summed E-state index contributed by atoms with van der Waals surface area (Å²) in [6.45, 7) is 1.83. The van der Waals surface area contributed by atoms with E-state index >= 15 is 0 Å². The molecule has 2 N–H and O–H groups in total. The minimum Gasteiger partial charge on any atom is -0.280 e. The summed E-state index contributed by atoms with van der Waals surface area (Å²) in [5.74, 6) is 0.258. The molecule has 0 unspecified atom stereocenters. The van der Waals surface area contributed by atoms with Gasteiger partial charge in [0, 0.05) is 16.3 Å². The first-order chi connectivity index (χ1) is 11.0. The molecule has 0 saturated heterocycles. The molecule has 7 heteroatoms. The fraction of sp³-hybridized carbons (Fsp3) is 0.0625. The van der Waals surface area contributed by atoms with Crippen LogP contribution in [-0.4, -0.2) is 18.6 Å². The number of rotatable bonds is 4. The highest BCUT2D eigenvalue weighted by Gasteiger charge is 2.20. The minimum atomic E-state index is -3.70. The summed E-state index contributed by atoms with van der Waals surface area (Å²) >= 11 is 5.90. The van der Waals surface area contributed by atoms with Crippen LogP contribution < -0.4 is 4.72 Å². The van der Waals surface area contributed by atoms with Gasteiger partial charge in [-0.2, -0.15) is 5.10 Å². The molecule has 2 aromatic carbocycles. The molecule has 3 rings (SSSR count). The molecule has 0 aliphatic heterocycles. The van der Waals surface area contributed by atoms with Crippen molar-refractivity contribution >= 4 is 27.4 Å². The Labute approximate surface area is 139 Å². The Balaban J connectivity index is 2.01. The van der Waals surface area contributed by atoms with Gasteiger partial charge in [0.15, 0.2) is 5.82 Å². The molecule has 0 bridgehead atoms. The van der Waals surface area contributed by atoms with Gasteiger partial charge in [0.25, 0.3) is 10.0 Å². The summed E-state index contributed by atoms with van der Waals surface area (Å²) in [6.07, 6.45) is 0. The van der Waals surface area contributed by atoms with Crippen molar-refractivity contribution in [3.8, 4) is 11.1 Å². The molecule has 0 aliphatic carbocycles. The molecule has 0 spiro atoms. The first-order valence-corrected chi connectivity index (χ1v) is 8.72. The van der Waals surface area contributed by atoms with E-state index < -0.39 is 10.0 Å². The summed E-state index contributed by atoms with van der Waals surface area (Å²) in [5, 5.41) is 7.50. The standard InChI is InChI=1S/C16H14ClN3O2S/c1-11-15(12-7-9-13(17)10-8-12)16(19-18-11)20-23(21,22)14-5-3-2-4-6-14/h2-10H,1H3,(H2,18,19,20). The van der Waals surface area contributed by atoms with Crippen LogP contribution in [0.4, 0.5) is 5.82 Å². The minimum absolute atomic E-state index is 0.183. The molecule has 0 aliphatic rings. The topological polar surface area (TPSA) is 74.8 Å². The molecule has 3 aromatic rings. The molecule has 0 atom stereocenters. The number of H-pyrrole nitrogens is 1. The number of halogens is 1. The van der Waals surface area contributed by atoms with E-state index in [1.54, 1.807) is 30.3 Å². The number of sulfonamides is 1. The van der Waals surface area contributed by atoms with Crippen molar-refractivity contribution < 1.29 is 8.42 Å². The van der Waals surface area contributed by atoms with Gasteiger partial charge in [0.1, 0.15) is 0 Å². The van der Waals surface area contributed by atoms with E-state index in [4.69, 9.17) is 11.6 Å². The number of anilines is 1. The maximum atomic E-state index is 12.5. The van der Waals surface area contributed by atoms with E-state index in [-0.39, 0.29) is 10.7 Å². The molecule has 1 heterocycles. The lowest BCUT2D eigenvalue weighted by Gasteiger charge is -2.08. The third kappa shape index (κ3) is 3.23. The van der Waals surface area contributed by atoms with Crippen LogP contribution in [0.15, 0.2) is 59.5 Å². The normalized spacial score (nSPS) is 11.4. The largest absolute Gasteiger partial charge is 0.280 e. The van der Waals surface area contributed by atoms with Crippen LogP contribution in [0.5, 0.6) is 0 Å². The van der Waals surface area contributed by atoms with E-state index in [1.165, 1.54) is 12.1 Å². The second kappa shape index (κ2) is 6.06. The fourth-order valence-corrected chi connectivity index (χ4v) is 3.42. The molecular weight excluding hydrogens is 334 g/mol. The van der Waals surface area contributed by atoms with Crippen LogP contribution in [0, 0.1) is 6.92 Å². The van der Waals surface area contributed by atoms with Gasteiger partial charge in [0.05, 0.1) is 4.90 Å². The first-order valence-electron chi connectivity index (χ1n) is 6.86. The third-order valence-corrected chi connectivity index (χ3v) is 4.97. The summed E-state index contributed by atoms with van der Waals surface area (Å²) in [4.78, 5) is 0.183. The van der Waals surface area contributed by atoms with Crippen molar-refractivity contribution in [2.75, 3.05) is 4.72 Å². The summed E-state index contributed by atoms with van der Waals surface area (Å²) in [6, 6.07) is 15.3. The highest BCUT2D eigenvalue weighted by atomic mass is 35.5. The molecule has 0 fully saturated rings. The molecule has 0 saturated carbocycles. The molecular formula is C16H14ClN3O2S. The van der Waals surface area contributed by atoms with Gasteiger partial charge in [0.2, 0.25) is 0 Å².